The molecule has 19 heavy (non-hydrogen) atoms. The third-order valence-corrected chi connectivity index (χ3v) is 3.81. The normalized spacial score (nSPS) is 20.4. The van der Waals surface area contributed by atoms with Gasteiger partial charge in [0.2, 0.25) is 11.8 Å². The lowest BCUT2D eigenvalue weighted by atomic mass is 10.1. The quantitative estimate of drug-likeness (QED) is 0.899. The smallest absolute Gasteiger partial charge is 0.240 e. The topological polar surface area (TPSA) is 80.4 Å². The monoisotopic (exact) mass is 262 g/mol. The number of rotatable bonds is 4. The van der Waals surface area contributed by atoms with Gasteiger partial charge in [0.25, 0.3) is 0 Å². The summed E-state index contributed by atoms with van der Waals surface area (Å²) < 4.78 is 5.29. The van der Waals surface area contributed by atoms with Crippen molar-refractivity contribution < 1.29 is 9.32 Å². The maximum Gasteiger partial charge on any atom is 0.240 e. The molecular weight excluding hydrogens is 244 g/mol. The van der Waals surface area contributed by atoms with Crippen LogP contribution in [0.5, 0.6) is 0 Å². The van der Waals surface area contributed by atoms with Crippen molar-refractivity contribution in [3.63, 3.8) is 0 Å². The maximum absolute atomic E-state index is 11.0. The molecule has 0 bridgehead atoms. The van der Waals surface area contributed by atoms with Gasteiger partial charge in [0.15, 0.2) is 5.82 Å². The van der Waals surface area contributed by atoms with Crippen LogP contribution in [0.2, 0.25) is 0 Å². The van der Waals surface area contributed by atoms with Gasteiger partial charge in [0.1, 0.15) is 0 Å². The van der Waals surface area contributed by atoms with E-state index in [4.69, 9.17) is 4.52 Å². The van der Waals surface area contributed by atoms with Crippen LogP contribution in [0.3, 0.4) is 0 Å². The zero-order valence-corrected chi connectivity index (χ0v) is 10.9. The first-order valence-electron chi connectivity index (χ1n) is 6.98. The number of aryl methyl sites for hydroxylation is 1. The van der Waals surface area contributed by atoms with E-state index in [0.29, 0.717) is 24.7 Å². The molecule has 1 aromatic rings. The first-order chi connectivity index (χ1) is 9.31. The highest BCUT2D eigenvalue weighted by Crippen LogP contribution is 2.32. The van der Waals surface area contributed by atoms with E-state index in [9.17, 15) is 4.79 Å². The number of hydrazone groups is 1. The second kappa shape index (κ2) is 5.50. The van der Waals surface area contributed by atoms with E-state index in [1.807, 2.05) is 0 Å². The van der Waals surface area contributed by atoms with Crippen LogP contribution in [0.4, 0.5) is 0 Å². The molecule has 6 heteroatoms. The molecule has 2 heterocycles. The number of carbonyl (C=O) groups excluding carboxylic acids is 1. The first kappa shape index (κ1) is 12.3. The van der Waals surface area contributed by atoms with E-state index >= 15 is 0 Å². The van der Waals surface area contributed by atoms with Gasteiger partial charge >= 0.3 is 0 Å². The molecule has 0 spiro atoms. The second-order valence-electron chi connectivity index (χ2n) is 5.24. The minimum atomic E-state index is -0.00920. The Kier molecular flexibility index (Phi) is 3.57. The Balaban J connectivity index is 1.54. The van der Waals surface area contributed by atoms with Crippen LogP contribution in [0.15, 0.2) is 9.62 Å². The van der Waals surface area contributed by atoms with Gasteiger partial charge in [-0.25, -0.2) is 5.43 Å². The van der Waals surface area contributed by atoms with Gasteiger partial charge < -0.3 is 4.52 Å². The number of carbonyl (C=O) groups is 1. The maximum atomic E-state index is 11.0. The molecule has 1 N–H and O–H groups in total. The molecule has 102 valence electrons. The second-order valence-corrected chi connectivity index (χ2v) is 5.24. The molecule has 0 aromatic carbocycles. The van der Waals surface area contributed by atoms with Crippen LogP contribution in [-0.2, 0) is 11.2 Å². The van der Waals surface area contributed by atoms with Gasteiger partial charge in [0, 0.05) is 24.5 Å². The summed E-state index contributed by atoms with van der Waals surface area (Å²) in [7, 11) is 0. The van der Waals surface area contributed by atoms with Crippen molar-refractivity contribution >= 4 is 11.6 Å². The summed E-state index contributed by atoms with van der Waals surface area (Å²) >= 11 is 0. The van der Waals surface area contributed by atoms with Crippen molar-refractivity contribution in [3.8, 4) is 0 Å². The Bertz CT molecular complexity index is 489. The molecule has 1 fully saturated rings. The van der Waals surface area contributed by atoms with Gasteiger partial charge in [-0.2, -0.15) is 10.1 Å². The predicted molar refractivity (Wildman–Crippen MR) is 68.6 cm³/mol. The fourth-order valence-corrected chi connectivity index (χ4v) is 2.66. The average molecular weight is 262 g/mol. The van der Waals surface area contributed by atoms with Crippen molar-refractivity contribution in [2.75, 3.05) is 0 Å². The van der Waals surface area contributed by atoms with Crippen LogP contribution >= 0.6 is 0 Å². The fraction of sp³-hybridized carbons (Fsp3) is 0.692. The number of nitrogens with one attached hydrogen (secondary N) is 1. The van der Waals surface area contributed by atoms with Gasteiger partial charge in [0.05, 0.1) is 0 Å². The van der Waals surface area contributed by atoms with Crippen molar-refractivity contribution in [1.29, 1.82) is 0 Å². The SMILES string of the molecule is O=C1CCC(CCc2nc(C3CCCC3)no2)=NN1. The summed E-state index contributed by atoms with van der Waals surface area (Å²) in [5.41, 5.74) is 3.50. The van der Waals surface area contributed by atoms with Gasteiger partial charge in [-0.1, -0.05) is 18.0 Å². The molecule has 2 aliphatic rings. The van der Waals surface area contributed by atoms with Crippen molar-refractivity contribution in [2.24, 2.45) is 5.10 Å². The Morgan fingerprint density at radius 2 is 2.05 bits per heavy atom. The van der Waals surface area contributed by atoms with Crippen LogP contribution in [0, 0.1) is 0 Å². The van der Waals surface area contributed by atoms with Gasteiger partial charge in [-0.05, 0) is 25.7 Å². The minimum absolute atomic E-state index is 0.00920. The zero-order valence-electron chi connectivity index (χ0n) is 10.9. The summed E-state index contributed by atoms with van der Waals surface area (Å²) in [6, 6.07) is 0. The highest BCUT2D eigenvalue weighted by atomic mass is 16.5. The molecule has 0 radical (unpaired) electrons. The largest absolute Gasteiger partial charge is 0.339 e. The molecule has 1 aromatic heterocycles. The van der Waals surface area contributed by atoms with E-state index in [1.54, 1.807) is 0 Å². The van der Waals surface area contributed by atoms with Crippen LogP contribution in [0.1, 0.15) is 62.6 Å². The van der Waals surface area contributed by atoms with Crippen molar-refractivity contribution in [2.45, 2.75) is 57.3 Å². The molecular formula is C13H18N4O2. The van der Waals surface area contributed by atoms with Crippen LogP contribution in [0.25, 0.3) is 0 Å². The molecule has 1 amide bonds. The molecule has 1 saturated carbocycles. The fourth-order valence-electron chi connectivity index (χ4n) is 2.66. The Morgan fingerprint density at radius 1 is 1.21 bits per heavy atom. The Hall–Kier alpha value is -1.72. The lowest BCUT2D eigenvalue weighted by molar-refractivity contribution is -0.121. The molecule has 6 nitrogen and oxygen atoms in total. The third-order valence-electron chi connectivity index (χ3n) is 3.81. The molecule has 0 atom stereocenters. The number of aromatic nitrogens is 2. The van der Waals surface area contributed by atoms with E-state index < -0.39 is 0 Å². The van der Waals surface area contributed by atoms with E-state index in [1.165, 1.54) is 25.7 Å². The molecule has 3 rings (SSSR count). The molecule has 1 aliphatic heterocycles. The first-order valence-corrected chi connectivity index (χ1v) is 6.98. The Labute approximate surface area is 111 Å². The minimum Gasteiger partial charge on any atom is -0.339 e. The standard InChI is InChI=1S/C13H18N4O2/c18-11-7-5-10(15-16-11)6-8-12-14-13(17-19-12)9-3-1-2-4-9/h9H,1-8H2,(H,16,18). The summed E-state index contributed by atoms with van der Waals surface area (Å²) in [5, 5.41) is 8.12. The van der Waals surface area contributed by atoms with Crippen molar-refractivity contribution in [1.82, 2.24) is 15.6 Å². The Morgan fingerprint density at radius 3 is 2.79 bits per heavy atom. The third kappa shape index (κ3) is 3.00. The molecule has 0 unspecified atom stereocenters. The summed E-state index contributed by atoms with van der Waals surface area (Å²) in [5.74, 6) is 2.03. The number of hydrogen-bond donors (Lipinski definition) is 1. The predicted octanol–water partition coefficient (Wildman–Crippen LogP) is 1.93. The number of amides is 1. The highest BCUT2D eigenvalue weighted by molar-refractivity contribution is 5.92. The van der Waals surface area contributed by atoms with Crippen molar-refractivity contribution in [3.05, 3.63) is 11.7 Å². The zero-order chi connectivity index (χ0) is 13.1. The number of nitrogens with zero attached hydrogens (tertiary/aromatic N) is 3. The average Bonchev–Trinajstić information content (AvgIpc) is 3.09. The van der Waals surface area contributed by atoms with Gasteiger partial charge in [-0.3, -0.25) is 4.79 Å². The lowest BCUT2D eigenvalue weighted by Gasteiger charge is -2.10. The van der Waals surface area contributed by atoms with E-state index in [0.717, 1.165) is 24.4 Å². The summed E-state index contributed by atoms with van der Waals surface area (Å²) in [6.45, 7) is 0. The van der Waals surface area contributed by atoms with Gasteiger partial charge in [-0.15, -0.1) is 0 Å². The molecule has 1 aliphatic carbocycles. The van der Waals surface area contributed by atoms with E-state index in [2.05, 4.69) is 20.7 Å². The van der Waals surface area contributed by atoms with E-state index in [-0.39, 0.29) is 5.91 Å². The highest BCUT2D eigenvalue weighted by Gasteiger charge is 2.22. The number of hydrogen-bond acceptors (Lipinski definition) is 5. The summed E-state index contributed by atoms with van der Waals surface area (Å²) in [6.07, 6.45) is 7.62. The van der Waals surface area contributed by atoms with Crippen LogP contribution in [-0.4, -0.2) is 21.8 Å². The lowest BCUT2D eigenvalue weighted by Crippen LogP contribution is -2.25. The van der Waals surface area contributed by atoms with Crippen LogP contribution < -0.4 is 5.43 Å². The molecule has 0 saturated heterocycles. The summed E-state index contributed by atoms with van der Waals surface area (Å²) in [4.78, 5) is 15.4.